The van der Waals surface area contributed by atoms with Crippen molar-refractivity contribution in [3.05, 3.63) is 20.8 Å². The van der Waals surface area contributed by atoms with Gasteiger partial charge in [0.05, 0.1) is 10.3 Å². The molecular formula is C11H14BrN3O4S. The summed E-state index contributed by atoms with van der Waals surface area (Å²) >= 11 is 4.86. The molecule has 1 aromatic rings. The van der Waals surface area contributed by atoms with E-state index in [4.69, 9.17) is 5.11 Å². The Morgan fingerprint density at radius 2 is 2.05 bits per heavy atom. The van der Waals surface area contributed by atoms with Gasteiger partial charge in [-0.15, -0.1) is 11.3 Å². The lowest BCUT2D eigenvalue weighted by atomic mass is 10.3. The largest absolute Gasteiger partial charge is 0.480 e. The number of thiophene rings is 1. The van der Waals surface area contributed by atoms with Crippen molar-refractivity contribution in [1.29, 1.82) is 0 Å². The molecule has 110 valence electrons. The Labute approximate surface area is 128 Å². The highest BCUT2D eigenvalue weighted by Crippen LogP contribution is 2.21. The molecule has 0 aliphatic rings. The van der Waals surface area contributed by atoms with Crippen LogP contribution in [-0.4, -0.2) is 48.1 Å². The molecule has 1 rings (SSSR count). The van der Waals surface area contributed by atoms with E-state index in [1.807, 2.05) is 11.4 Å². The van der Waals surface area contributed by atoms with E-state index in [0.717, 1.165) is 9.35 Å². The van der Waals surface area contributed by atoms with Crippen molar-refractivity contribution in [3.63, 3.8) is 0 Å². The molecule has 0 spiro atoms. The number of nitrogens with zero attached hydrogens (tertiary/aromatic N) is 1. The molecule has 7 nitrogen and oxygen atoms in total. The van der Waals surface area contributed by atoms with E-state index < -0.39 is 24.5 Å². The number of halogens is 1. The number of hydrogen-bond donors (Lipinski definition) is 3. The third-order valence-corrected chi connectivity index (χ3v) is 3.78. The second-order valence-corrected chi connectivity index (χ2v) is 6.23. The normalized spacial score (nSPS) is 9.90. The van der Waals surface area contributed by atoms with E-state index in [1.165, 1.54) is 16.2 Å². The Morgan fingerprint density at radius 1 is 1.35 bits per heavy atom. The highest BCUT2D eigenvalue weighted by molar-refractivity contribution is 9.11. The van der Waals surface area contributed by atoms with E-state index in [9.17, 15) is 14.4 Å². The van der Waals surface area contributed by atoms with Crippen LogP contribution >= 0.6 is 27.3 Å². The molecule has 0 bridgehead atoms. The third-order valence-electron chi connectivity index (χ3n) is 2.23. The van der Waals surface area contributed by atoms with Crippen LogP contribution in [0.2, 0.25) is 0 Å². The Kier molecular flexibility index (Phi) is 6.46. The first kappa shape index (κ1) is 16.4. The molecule has 0 aliphatic heterocycles. The van der Waals surface area contributed by atoms with E-state index in [2.05, 4.69) is 26.6 Å². The average Bonchev–Trinajstić information content (AvgIpc) is 2.78. The predicted octanol–water partition coefficient (Wildman–Crippen LogP) is 0.853. The summed E-state index contributed by atoms with van der Waals surface area (Å²) in [4.78, 5) is 34.6. The van der Waals surface area contributed by atoms with Crippen molar-refractivity contribution in [2.75, 3.05) is 20.1 Å². The number of carbonyl (C=O) groups excluding carboxylic acids is 2. The molecule has 0 aromatic carbocycles. The van der Waals surface area contributed by atoms with Gasteiger partial charge in [-0.05, 0) is 32.9 Å². The fraction of sp³-hybridized carbons (Fsp3) is 0.364. The Balaban J connectivity index is 2.31. The summed E-state index contributed by atoms with van der Waals surface area (Å²) < 4.78 is 0.981. The quantitative estimate of drug-likeness (QED) is 0.697. The van der Waals surface area contributed by atoms with Crippen molar-refractivity contribution in [2.24, 2.45) is 0 Å². The fourth-order valence-corrected chi connectivity index (χ4v) is 2.50. The topological polar surface area (TPSA) is 98.7 Å². The van der Waals surface area contributed by atoms with E-state index in [-0.39, 0.29) is 6.54 Å². The number of carboxylic acids is 1. The Hall–Kier alpha value is -1.61. The number of amides is 3. The van der Waals surface area contributed by atoms with E-state index in [0.29, 0.717) is 6.54 Å². The molecule has 1 heterocycles. The molecule has 3 amide bonds. The number of carboxylic acid groups (broad SMARTS) is 1. The van der Waals surface area contributed by atoms with Crippen LogP contribution in [0.3, 0.4) is 0 Å². The van der Waals surface area contributed by atoms with E-state index >= 15 is 0 Å². The maximum atomic E-state index is 11.7. The number of carbonyl (C=O) groups is 3. The van der Waals surface area contributed by atoms with Crippen molar-refractivity contribution in [3.8, 4) is 0 Å². The zero-order valence-electron chi connectivity index (χ0n) is 10.7. The van der Waals surface area contributed by atoms with Gasteiger partial charge in [0.1, 0.15) is 6.54 Å². The van der Waals surface area contributed by atoms with Crippen molar-refractivity contribution in [2.45, 2.75) is 6.54 Å². The number of nitrogens with one attached hydrogen (secondary N) is 2. The van der Waals surface area contributed by atoms with Gasteiger partial charge in [0.2, 0.25) is 5.91 Å². The number of rotatable bonds is 6. The summed E-state index contributed by atoms with van der Waals surface area (Å²) in [6, 6.07) is 1.51. The molecular weight excluding hydrogens is 350 g/mol. The summed E-state index contributed by atoms with van der Waals surface area (Å²) in [7, 11) is 1.61. The fourth-order valence-electron chi connectivity index (χ4n) is 1.30. The SMILES string of the molecule is CN(Cc1csc(Br)c1)C(=O)NCC(=O)NCC(=O)O. The van der Waals surface area contributed by atoms with Crippen molar-refractivity contribution < 1.29 is 19.5 Å². The molecule has 1 aromatic heterocycles. The van der Waals surface area contributed by atoms with Crippen LogP contribution in [0.15, 0.2) is 15.2 Å². The van der Waals surface area contributed by atoms with Crippen LogP contribution in [0.25, 0.3) is 0 Å². The number of aliphatic carboxylic acids is 1. The molecule has 0 unspecified atom stereocenters. The number of urea groups is 1. The van der Waals surface area contributed by atoms with Gasteiger partial charge < -0.3 is 20.6 Å². The maximum absolute atomic E-state index is 11.7. The maximum Gasteiger partial charge on any atom is 0.322 e. The Morgan fingerprint density at radius 3 is 2.60 bits per heavy atom. The lowest BCUT2D eigenvalue weighted by Crippen LogP contribution is -2.43. The van der Waals surface area contributed by atoms with Crippen molar-refractivity contribution >= 4 is 45.2 Å². The molecule has 0 fully saturated rings. The van der Waals surface area contributed by atoms with Gasteiger partial charge in [-0.2, -0.15) is 0 Å². The monoisotopic (exact) mass is 363 g/mol. The van der Waals surface area contributed by atoms with Crippen LogP contribution in [-0.2, 0) is 16.1 Å². The molecule has 0 radical (unpaired) electrons. The van der Waals surface area contributed by atoms with Crippen LogP contribution in [0.4, 0.5) is 4.79 Å². The molecule has 0 aliphatic carbocycles. The average molecular weight is 364 g/mol. The lowest BCUT2D eigenvalue weighted by molar-refractivity contribution is -0.137. The van der Waals surface area contributed by atoms with Crippen molar-refractivity contribution in [1.82, 2.24) is 15.5 Å². The second-order valence-electron chi connectivity index (χ2n) is 3.94. The molecule has 0 atom stereocenters. The van der Waals surface area contributed by atoms with Gasteiger partial charge in [0.15, 0.2) is 0 Å². The standard InChI is InChI=1S/C11H14BrN3O4S/c1-15(5-7-2-8(12)20-6-7)11(19)14-3-9(16)13-4-10(17)18/h2,6H,3-5H2,1H3,(H,13,16)(H,14,19)(H,17,18). The molecule has 0 saturated heterocycles. The summed E-state index contributed by atoms with van der Waals surface area (Å²) in [6.45, 7) is -0.304. The first-order valence-electron chi connectivity index (χ1n) is 5.59. The first-order valence-corrected chi connectivity index (χ1v) is 7.26. The summed E-state index contributed by atoms with van der Waals surface area (Å²) in [6.07, 6.45) is 0. The minimum Gasteiger partial charge on any atom is -0.480 e. The third kappa shape index (κ3) is 6.02. The molecule has 20 heavy (non-hydrogen) atoms. The first-order chi connectivity index (χ1) is 9.38. The highest BCUT2D eigenvalue weighted by atomic mass is 79.9. The van der Waals surface area contributed by atoms with Gasteiger partial charge in [-0.25, -0.2) is 4.79 Å². The highest BCUT2D eigenvalue weighted by Gasteiger charge is 2.11. The van der Waals surface area contributed by atoms with Crippen LogP contribution < -0.4 is 10.6 Å². The van der Waals surface area contributed by atoms with Crippen LogP contribution in [0, 0.1) is 0 Å². The Bertz CT molecular complexity index is 506. The lowest BCUT2D eigenvalue weighted by Gasteiger charge is -2.17. The van der Waals surface area contributed by atoms with Gasteiger partial charge in [-0.1, -0.05) is 0 Å². The number of hydrogen-bond acceptors (Lipinski definition) is 4. The summed E-state index contributed by atoms with van der Waals surface area (Å²) in [5.41, 5.74) is 0.981. The second kappa shape index (κ2) is 7.85. The van der Waals surface area contributed by atoms with Gasteiger partial charge in [-0.3, -0.25) is 9.59 Å². The van der Waals surface area contributed by atoms with Gasteiger partial charge in [0, 0.05) is 13.6 Å². The minimum absolute atomic E-state index is 0.260. The van der Waals surface area contributed by atoms with Gasteiger partial charge >= 0.3 is 12.0 Å². The van der Waals surface area contributed by atoms with Crippen LogP contribution in [0.5, 0.6) is 0 Å². The zero-order chi connectivity index (χ0) is 15.1. The minimum atomic E-state index is -1.13. The predicted molar refractivity (Wildman–Crippen MR) is 77.5 cm³/mol. The summed E-state index contributed by atoms with van der Waals surface area (Å²) in [5, 5.41) is 14.9. The smallest absolute Gasteiger partial charge is 0.322 e. The molecule has 3 N–H and O–H groups in total. The zero-order valence-corrected chi connectivity index (χ0v) is 13.1. The molecule has 0 saturated carbocycles. The summed E-state index contributed by atoms with van der Waals surface area (Å²) in [5.74, 6) is -1.68. The molecule has 9 heteroatoms. The van der Waals surface area contributed by atoms with Gasteiger partial charge in [0.25, 0.3) is 0 Å². The van der Waals surface area contributed by atoms with E-state index in [1.54, 1.807) is 7.05 Å². The van der Waals surface area contributed by atoms with Crippen LogP contribution in [0.1, 0.15) is 5.56 Å².